The number of rotatable bonds is 5. The van der Waals surface area contributed by atoms with Crippen LogP contribution in [0.15, 0.2) is 12.3 Å². The lowest BCUT2D eigenvalue weighted by atomic mass is 9.49. The van der Waals surface area contributed by atoms with E-state index in [-0.39, 0.29) is 22.2 Å². The molecule has 0 radical (unpaired) electrons. The molecule has 4 saturated carbocycles. The number of carbonyl (C=O) groups is 2. The first-order valence-corrected chi connectivity index (χ1v) is 10.4. The summed E-state index contributed by atoms with van der Waals surface area (Å²) in [5, 5.41) is 3.21. The average Bonchev–Trinajstić information content (AvgIpc) is 2.55. The lowest BCUT2D eigenvalue weighted by molar-refractivity contribution is -0.160. The fourth-order valence-corrected chi connectivity index (χ4v) is 6.26. The second-order valence-electron chi connectivity index (χ2n) is 8.70. The van der Waals surface area contributed by atoms with Crippen LogP contribution in [0.3, 0.4) is 0 Å². The number of nitrogens with one attached hydrogen (secondary N) is 1. The van der Waals surface area contributed by atoms with Gasteiger partial charge in [-0.3, -0.25) is 9.59 Å². The van der Waals surface area contributed by atoms with Crippen molar-refractivity contribution in [2.24, 2.45) is 23.2 Å². The quantitative estimate of drug-likeness (QED) is 0.703. The SMILES string of the molecule is C[C@H](OC(=O)CC12CC3CC(CC(C3)C1)C2)C(=O)Nc1ncc(Cl)cc1Cl. The molecule has 4 bridgehead atoms. The van der Waals surface area contributed by atoms with Crippen LogP contribution in [0.4, 0.5) is 5.82 Å². The number of esters is 1. The number of hydrogen-bond donors (Lipinski definition) is 1. The smallest absolute Gasteiger partial charge is 0.307 e. The Morgan fingerprint density at radius 2 is 1.81 bits per heavy atom. The van der Waals surface area contributed by atoms with Gasteiger partial charge in [-0.1, -0.05) is 23.2 Å². The zero-order valence-electron chi connectivity index (χ0n) is 15.3. The van der Waals surface area contributed by atoms with Crippen LogP contribution in [-0.4, -0.2) is 23.0 Å². The van der Waals surface area contributed by atoms with Crippen LogP contribution >= 0.6 is 23.2 Å². The Morgan fingerprint density at radius 1 is 1.22 bits per heavy atom. The fourth-order valence-electron chi connectivity index (χ4n) is 5.83. The van der Waals surface area contributed by atoms with E-state index in [4.69, 9.17) is 27.9 Å². The van der Waals surface area contributed by atoms with Crippen molar-refractivity contribution >= 4 is 40.9 Å². The highest BCUT2D eigenvalue weighted by atomic mass is 35.5. The summed E-state index contributed by atoms with van der Waals surface area (Å²) in [5.74, 6) is 1.81. The summed E-state index contributed by atoms with van der Waals surface area (Å²) in [7, 11) is 0. The Hall–Kier alpha value is -1.33. The normalized spacial score (nSPS) is 32.2. The molecule has 4 aliphatic carbocycles. The molecule has 0 aliphatic heterocycles. The Balaban J connectivity index is 1.33. The van der Waals surface area contributed by atoms with Gasteiger partial charge in [-0.2, -0.15) is 0 Å². The molecule has 1 aromatic rings. The summed E-state index contributed by atoms with van der Waals surface area (Å²) < 4.78 is 5.44. The van der Waals surface area contributed by atoms with Crippen molar-refractivity contribution in [2.45, 2.75) is 58.0 Å². The van der Waals surface area contributed by atoms with E-state index in [0.29, 0.717) is 11.4 Å². The van der Waals surface area contributed by atoms with Crippen LogP contribution in [0.2, 0.25) is 10.0 Å². The maximum absolute atomic E-state index is 12.5. The summed E-state index contributed by atoms with van der Waals surface area (Å²) in [6, 6.07) is 1.50. The maximum Gasteiger partial charge on any atom is 0.307 e. The van der Waals surface area contributed by atoms with Crippen molar-refractivity contribution in [2.75, 3.05) is 5.32 Å². The summed E-state index contributed by atoms with van der Waals surface area (Å²) in [5.41, 5.74) is 0.100. The molecule has 1 aromatic heterocycles. The van der Waals surface area contributed by atoms with Gasteiger partial charge < -0.3 is 10.1 Å². The van der Waals surface area contributed by atoms with Gasteiger partial charge >= 0.3 is 5.97 Å². The Morgan fingerprint density at radius 3 is 2.37 bits per heavy atom. The third-order valence-electron chi connectivity index (χ3n) is 6.41. The van der Waals surface area contributed by atoms with Crippen LogP contribution in [0, 0.1) is 23.2 Å². The molecule has 1 atom stereocenters. The first-order chi connectivity index (χ1) is 12.8. The van der Waals surface area contributed by atoms with Gasteiger partial charge in [0.25, 0.3) is 5.91 Å². The molecule has 1 heterocycles. The van der Waals surface area contributed by atoms with Crippen LogP contribution in [0.1, 0.15) is 51.9 Å². The highest BCUT2D eigenvalue weighted by Gasteiger charge is 2.51. The van der Waals surface area contributed by atoms with Crippen LogP contribution in [-0.2, 0) is 14.3 Å². The van der Waals surface area contributed by atoms with E-state index in [1.54, 1.807) is 6.92 Å². The molecule has 5 nitrogen and oxygen atoms in total. The van der Waals surface area contributed by atoms with Gasteiger partial charge in [0.15, 0.2) is 11.9 Å². The minimum Gasteiger partial charge on any atom is -0.453 e. The predicted molar refractivity (Wildman–Crippen MR) is 104 cm³/mol. The number of pyridine rings is 1. The molecule has 4 aliphatic rings. The number of carbonyl (C=O) groups excluding carboxylic acids is 2. The van der Waals surface area contributed by atoms with Crippen molar-refractivity contribution < 1.29 is 14.3 Å². The van der Waals surface area contributed by atoms with E-state index >= 15 is 0 Å². The molecule has 0 unspecified atom stereocenters. The van der Waals surface area contributed by atoms with Gasteiger partial charge in [0.05, 0.1) is 16.5 Å². The molecule has 5 rings (SSSR count). The van der Waals surface area contributed by atoms with Crippen molar-refractivity contribution in [1.29, 1.82) is 0 Å². The number of aromatic nitrogens is 1. The lowest BCUT2D eigenvalue weighted by Crippen LogP contribution is -2.47. The molecule has 0 aromatic carbocycles. The molecular weight excluding hydrogens is 387 g/mol. The Bertz CT molecular complexity index is 732. The average molecular weight is 411 g/mol. The van der Waals surface area contributed by atoms with Gasteiger partial charge in [-0.05, 0) is 74.7 Å². The van der Waals surface area contributed by atoms with Crippen LogP contribution in [0.5, 0.6) is 0 Å². The lowest BCUT2D eigenvalue weighted by Gasteiger charge is -2.56. The van der Waals surface area contributed by atoms with Gasteiger partial charge in [-0.25, -0.2) is 4.98 Å². The summed E-state index contributed by atoms with van der Waals surface area (Å²) in [4.78, 5) is 28.9. The van der Waals surface area contributed by atoms with E-state index in [9.17, 15) is 9.59 Å². The number of anilines is 1. The molecule has 0 spiro atoms. The van der Waals surface area contributed by atoms with Crippen molar-refractivity contribution in [3.8, 4) is 0 Å². The highest BCUT2D eigenvalue weighted by molar-refractivity contribution is 6.36. The van der Waals surface area contributed by atoms with E-state index in [1.807, 2.05) is 0 Å². The Labute approximate surface area is 169 Å². The molecule has 146 valence electrons. The monoisotopic (exact) mass is 410 g/mol. The molecule has 27 heavy (non-hydrogen) atoms. The summed E-state index contributed by atoms with van der Waals surface area (Å²) in [6.45, 7) is 1.57. The number of amides is 1. The first-order valence-electron chi connectivity index (χ1n) is 9.63. The van der Waals surface area contributed by atoms with Crippen molar-refractivity contribution in [3.63, 3.8) is 0 Å². The molecule has 7 heteroatoms. The number of ether oxygens (including phenoxy) is 1. The first kappa shape index (κ1) is 19.0. The third kappa shape index (κ3) is 4.09. The third-order valence-corrected chi connectivity index (χ3v) is 6.91. The predicted octanol–water partition coefficient (Wildman–Crippen LogP) is 4.87. The largest absolute Gasteiger partial charge is 0.453 e. The molecule has 0 saturated heterocycles. The second-order valence-corrected chi connectivity index (χ2v) is 9.54. The number of halogens is 2. The van der Waals surface area contributed by atoms with Gasteiger partial charge in [0, 0.05) is 6.20 Å². The summed E-state index contributed by atoms with van der Waals surface area (Å²) >= 11 is 11.8. The molecule has 4 fully saturated rings. The standard InChI is InChI=1S/C20H24Cl2N2O3/c1-11(19(26)24-18-16(22)5-15(21)10-23-18)27-17(25)9-20-6-12-2-13(7-20)4-14(3-12)8-20/h5,10-14H,2-4,6-9H2,1H3,(H,23,24,26)/t11-,12?,13?,14?,20?/m0/s1. The minimum absolute atomic E-state index is 0.100. The van der Waals surface area contributed by atoms with Crippen LogP contribution in [0.25, 0.3) is 0 Å². The molecular formula is C20H24Cl2N2O3. The fraction of sp³-hybridized carbons (Fsp3) is 0.650. The van der Waals surface area contributed by atoms with Crippen molar-refractivity contribution in [3.05, 3.63) is 22.3 Å². The van der Waals surface area contributed by atoms with E-state index in [0.717, 1.165) is 37.0 Å². The van der Waals surface area contributed by atoms with Gasteiger partial charge in [0.1, 0.15) is 0 Å². The maximum atomic E-state index is 12.5. The van der Waals surface area contributed by atoms with Crippen molar-refractivity contribution in [1.82, 2.24) is 4.98 Å². The zero-order valence-corrected chi connectivity index (χ0v) is 16.9. The van der Waals surface area contributed by atoms with Gasteiger partial charge in [-0.15, -0.1) is 0 Å². The van der Waals surface area contributed by atoms with Crippen LogP contribution < -0.4 is 5.32 Å². The number of nitrogens with zero attached hydrogens (tertiary/aromatic N) is 1. The molecule has 1 N–H and O–H groups in total. The summed E-state index contributed by atoms with van der Waals surface area (Å²) in [6.07, 6.45) is 8.34. The van der Waals surface area contributed by atoms with E-state index in [2.05, 4.69) is 10.3 Å². The van der Waals surface area contributed by atoms with E-state index in [1.165, 1.54) is 31.5 Å². The zero-order chi connectivity index (χ0) is 19.2. The van der Waals surface area contributed by atoms with Gasteiger partial charge in [0.2, 0.25) is 0 Å². The minimum atomic E-state index is -0.903. The molecule has 1 amide bonds. The van der Waals surface area contributed by atoms with E-state index < -0.39 is 12.0 Å². The number of hydrogen-bond acceptors (Lipinski definition) is 4. The second kappa shape index (κ2) is 7.25. The highest BCUT2D eigenvalue weighted by Crippen LogP contribution is 2.61. The Kier molecular flexibility index (Phi) is 5.10. The topological polar surface area (TPSA) is 68.3 Å².